The summed E-state index contributed by atoms with van der Waals surface area (Å²) < 4.78 is 5.09. The van der Waals surface area contributed by atoms with Crippen molar-refractivity contribution in [2.24, 2.45) is 0 Å². The van der Waals surface area contributed by atoms with E-state index in [1.807, 2.05) is 62.4 Å². The van der Waals surface area contributed by atoms with Crippen LogP contribution in [0.1, 0.15) is 25.8 Å². The average molecular weight is 281 g/mol. The van der Waals surface area contributed by atoms with Gasteiger partial charge in [-0.3, -0.25) is 4.98 Å². The summed E-state index contributed by atoms with van der Waals surface area (Å²) in [5.41, 5.74) is 3.48. The molecule has 0 saturated carbocycles. The summed E-state index contributed by atoms with van der Waals surface area (Å²) in [5, 5.41) is 0. The van der Waals surface area contributed by atoms with Crippen LogP contribution < -0.4 is 0 Å². The molecule has 2 aromatic rings. The van der Waals surface area contributed by atoms with E-state index < -0.39 is 0 Å². The second-order valence-electron chi connectivity index (χ2n) is 4.55. The van der Waals surface area contributed by atoms with Crippen LogP contribution in [0.4, 0.5) is 0 Å². The summed E-state index contributed by atoms with van der Waals surface area (Å²) in [5.74, 6) is -0.261. The number of aromatic nitrogens is 1. The van der Waals surface area contributed by atoms with Gasteiger partial charge in [-0.25, -0.2) is 4.79 Å². The number of pyridine rings is 1. The molecular weight excluding hydrogens is 262 g/mol. The van der Waals surface area contributed by atoms with Crippen molar-refractivity contribution < 1.29 is 9.53 Å². The van der Waals surface area contributed by atoms with E-state index in [1.54, 1.807) is 6.20 Å². The van der Waals surface area contributed by atoms with Crippen molar-refractivity contribution >= 4 is 12.0 Å². The van der Waals surface area contributed by atoms with Crippen molar-refractivity contribution in [3.8, 4) is 11.3 Å². The van der Waals surface area contributed by atoms with Crippen molar-refractivity contribution in [3.63, 3.8) is 0 Å². The van der Waals surface area contributed by atoms with Gasteiger partial charge in [-0.05, 0) is 25.5 Å². The van der Waals surface area contributed by atoms with E-state index in [1.165, 1.54) is 0 Å². The lowest BCUT2D eigenvalue weighted by Crippen LogP contribution is -2.07. The fraction of sp³-hybridized carbons (Fsp3) is 0.222. The van der Waals surface area contributed by atoms with Crippen LogP contribution in [-0.2, 0) is 9.53 Å². The first kappa shape index (κ1) is 15.0. The molecule has 21 heavy (non-hydrogen) atoms. The van der Waals surface area contributed by atoms with E-state index in [0.29, 0.717) is 18.6 Å². The minimum absolute atomic E-state index is 0.261. The molecule has 0 saturated heterocycles. The summed E-state index contributed by atoms with van der Waals surface area (Å²) in [4.78, 5) is 16.4. The van der Waals surface area contributed by atoms with E-state index in [9.17, 15) is 4.79 Å². The highest BCUT2D eigenvalue weighted by Crippen LogP contribution is 2.23. The first-order valence-electron chi connectivity index (χ1n) is 7.14. The number of carbonyl (C=O) groups excluding carboxylic acids is 1. The molecule has 0 aliphatic rings. The fourth-order valence-electron chi connectivity index (χ4n) is 2.09. The Labute approximate surface area is 125 Å². The molecule has 1 aromatic carbocycles. The topological polar surface area (TPSA) is 39.2 Å². The van der Waals surface area contributed by atoms with E-state index in [2.05, 4.69) is 4.98 Å². The second kappa shape index (κ2) is 7.39. The van der Waals surface area contributed by atoms with Gasteiger partial charge >= 0.3 is 5.97 Å². The number of rotatable bonds is 5. The highest BCUT2D eigenvalue weighted by molar-refractivity contribution is 5.94. The molecule has 0 atom stereocenters. The van der Waals surface area contributed by atoms with Gasteiger partial charge in [0.1, 0.15) is 0 Å². The van der Waals surface area contributed by atoms with Gasteiger partial charge < -0.3 is 4.74 Å². The number of nitrogens with zero attached hydrogens (tertiary/aromatic N) is 1. The Morgan fingerprint density at radius 1 is 1.14 bits per heavy atom. The van der Waals surface area contributed by atoms with Crippen LogP contribution in [0.2, 0.25) is 0 Å². The molecule has 3 heteroatoms. The van der Waals surface area contributed by atoms with E-state index in [4.69, 9.17) is 4.74 Å². The lowest BCUT2D eigenvalue weighted by Gasteiger charge is -2.08. The highest BCUT2D eigenvalue weighted by atomic mass is 16.5. The van der Waals surface area contributed by atoms with Gasteiger partial charge in [-0.15, -0.1) is 0 Å². The zero-order chi connectivity index (χ0) is 15.1. The Bertz CT molecular complexity index is 633. The number of benzene rings is 1. The molecule has 108 valence electrons. The Hall–Kier alpha value is -2.42. The molecule has 0 spiro atoms. The summed E-state index contributed by atoms with van der Waals surface area (Å²) in [6, 6.07) is 13.8. The summed E-state index contributed by atoms with van der Waals surface area (Å²) in [6.45, 7) is 4.14. The van der Waals surface area contributed by atoms with Crippen molar-refractivity contribution in [1.82, 2.24) is 4.98 Å². The molecule has 0 fully saturated rings. The maximum Gasteiger partial charge on any atom is 0.333 e. The van der Waals surface area contributed by atoms with Crippen LogP contribution in [0.25, 0.3) is 17.3 Å². The Morgan fingerprint density at radius 2 is 1.90 bits per heavy atom. The Kier molecular flexibility index (Phi) is 5.27. The van der Waals surface area contributed by atoms with Crippen molar-refractivity contribution in [2.45, 2.75) is 20.3 Å². The fourth-order valence-corrected chi connectivity index (χ4v) is 2.09. The number of hydrogen-bond donors (Lipinski definition) is 0. The number of esters is 1. The summed E-state index contributed by atoms with van der Waals surface area (Å²) in [7, 11) is 0. The molecular formula is C18H19NO2. The second-order valence-corrected chi connectivity index (χ2v) is 4.55. The molecule has 0 amide bonds. The normalized spacial score (nSPS) is 11.2. The molecule has 0 bridgehead atoms. The first-order valence-corrected chi connectivity index (χ1v) is 7.14. The van der Waals surface area contributed by atoms with Gasteiger partial charge in [0.25, 0.3) is 0 Å². The van der Waals surface area contributed by atoms with Crippen LogP contribution in [0.5, 0.6) is 0 Å². The largest absolute Gasteiger partial charge is 0.463 e. The average Bonchev–Trinajstić information content (AvgIpc) is 2.54. The third kappa shape index (κ3) is 3.78. The van der Waals surface area contributed by atoms with Gasteiger partial charge in [-0.2, -0.15) is 0 Å². The van der Waals surface area contributed by atoms with Crippen molar-refractivity contribution in [3.05, 3.63) is 59.8 Å². The monoisotopic (exact) mass is 281 g/mol. The Balaban J connectivity index is 2.43. The predicted molar refractivity (Wildman–Crippen MR) is 84.6 cm³/mol. The van der Waals surface area contributed by atoms with Gasteiger partial charge in [0.05, 0.1) is 12.3 Å². The maximum absolute atomic E-state index is 11.9. The SMILES string of the molecule is CCOC(=O)/C(=C/c1cccnc1-c1ccccc1)CC. The zero-order valence-electron chi connectivity index (χ0n) is 12.4. The number of hydrogen-bond acceptors (Lipinski definition) is 3. The highest BCUT2D eigenvalue weighted by Gasteiger charge is 2.10. The maximum atomic E-state index is 11.9. The molecule has 0 N–H and O–H groups in total. The van der Waals surface area contributed by atoms with Gasteiger partial charge in [-0.1, -0.05) is 43.3 Å². The van der Waals surface area contributed by atoms with Gasteiger partial charge in [0.2, 0.25) is 0 Å². The van der Waals surface area contributed by atoms with E-state index in [0.717, 1.165) is 16.8 Å². The van der Waals surface area contributed by atoms with E-state index in [-0.39, 0.29) is 5.97 Å². The minimum atomic E-state index is -0.261. The van der Waals surface area contributed by atoms with Crippen molar-refractivity contribution in [2.75, 3.05) is 6.61 Å². The van der Waals surface area contributed by atoms with Gasteiger partial charge in [0, 0.05) is 22.9 Å². The number of ether oxygens (including phenoxy) is 1. The van der Waals surface area contributed by atoms with Crippen molar-refractivity contribution in [1.29, 1.82) is 0 Å². The van der Waals surface area contributed by atoms with Crippen LogP contribution >= 0.6 is 0 Å². The molecule has 3 nitrogen and oxygen atoms in total. The standard InChI is InChI=1S/C18H19NO2/c1-3-14(18(20)21-4-2)13-16-11-8-12-19-17(16)15-9-6-5-7-10-15/h5-13H,3-4H2,1-2H3/b14-13+. The third-order valence-electron chi connectivity index (χ3n) is 3.13. The van der Waals surface area contributed by atoms with Crippen LogP contribution in [0.15, 0.2) is 54.2 Å². The van der Waals surface area contributed by atoms with Crippen LogP contribution in [0.3, 0.4) is 0 Å². The summed E-state index contributed by atoms with van der Waals surface area (Å²) in [6.07, 6.45) is 4.25. The van der Waals surface area contributed by atoms with Gasteiger partial charge in [0.15, 0.2) is 0 Å². The van der Waals surface area contributed by atoms with E-state index >= 15 is 0 Å². The third-order valence-corrected chi connectivity index (χ3v) is 3.13. The first-order chi connectivity index (χ1) is 10.3. The Morgan fingerprint density at radius 3 is 2.57 bits per heavy atom. The molecule has 1 heterocycles. The zero-order valence-corrected chi connectivity index (χ0v) is 12.4. The molecule has 2 rings (SSSR count). The smallest absolute Gasteiger partial charge is 0.333 e. The predicted octanol–water partition coefficient (Wildman–Crippen LogP) is 4.11. The lowest BCUT2D eigenvalue weighted by atomic mass is 10.0. The molecule has 0 unspecified atom stereocenters. The van der Waals surface area contributed by atoms with Crippen LogP contribution in [-0.4, -0.2) is 17.6 Å². The molecule has 1 aromatic heterocycles. The lowest BCUT2D eigenvalue weighted by molar-refractivity contribution is -0.138. The molecule has 0 aliphatic carbocycles. The quantitative estimate of drug-likeness (QED) is 0.611. The minimum Gasteiger partial charge on any atom is -0.463 e. The molecule has 0 aliphatic heterocycles. The van der Waals surface area contributed by atoms with Crippen LogP contribution in [0, 0.1) is 0 Å². The number of carbonyl (C=O) groups is 1. The molecule has 0 radical (unpaired) electrons. The summed E-state index contributed by atoms with van der Waals surface area (Å²) >= 11 is 0.